The number of carbonyl (C=O) groups is 6. The Morgan fingerprint density at radius 1 is 0.962 bits per heavy atom. The number of amides is 5. The zero-order valence-corrected chi connectivity index (χ0v) is 31.3. The summed E-state index contributed by atoms with van der Waals surface area (Å²) in [5.74, 6) is -2.74. The van der Waals surface area contributed by atoms with Gasteiger partial charge in [-0.15, -0.1) is 0 Å². The lowest BCUT2D eigenvalue weighted by atomic mass is 9.83. The Hall–Kier alpha value is -4.20. The number of hydrogen-bond acceptors (Lipinski definition) is 8. The fourth-order valence-electron chi connectivity index (χ4n) is 7.30. The number of rotatable bonds is 14. The molecule has 2 fully saturated rings. The highest BCUT2D eigenvalue weighted by Crippen LogP contribution is 2.32. The molecule has 0 radical (unpaired) electrons. The number of likely N-dealkylation sites (N-methyl/N-ethyl adjacent to an activating group) is 1. The normalized spacial score (nSPS) is 21.6. The summed E-state index contributed by atoms with van der Waals surface area (Å²) in [7, 11) is 1.48. The average Bonchev–Trinajstić information content (AvgIpc) is 3.52. The first-order valence-electron chi connectivity index (χ1n) is 18.7. The molecule has 1 saturated heterocycles. The van der Waals surface area contributed by atoms with Crippen molar-refractivity contribution in [3.63, 3.8) is 0 Å². The van der Waals surface area contributed by atoms with E-state index in [1.807, 2.05) is 18.2 Å². The maximum absolute atomic E-state index is 14.7. The molecule has 5 amide bonds. The van der Waals surface area contributed by atoms with E-state index in [0.29, 0.717) is 0 Å². The number of nitrogens with one attached hydrogen (secondary N) is 3. The Kier molecular flexibility index (Phi) is 14.5. The van der Waals surface area contributed by atoms with Gasteiger partial charge in [-0.05, 0) is 83.3 Å². The van der Waals surface area contributed by atoms with Gasteiger partial charge in [-0.25, -0.2) is 4.79 Å². The topological polar surface area (TPSA) is 184 Å². The molecule has 0 bridgehead atoms. The standard InChI is InChI=1S/C38H57N5O9/c1-24(42(5)37(50)52-38(2,3)4)34(47)41-33(26-13-7-6-8-14-26)36(49)43-23-27(39-31(44)18-20-51-21-19-32(45)46)22-30(43)35(48)40-29-17-11-15-25-12-9-10-16-28(25)29/h9-10,12,16,24,26-27,29-30,33H,6-8,11,13-15,17-23H2,1-5H3,(H,39,44)(H,40,48)(H,41,47)(H,45,46)/t24-,27-,29+,30-,33-/m0/s1. The van der Waals surface area contributed by atoms with Crippen LogP contribution in [0.2, 0.25) is 0 Å². The summed E-state index contributed by atoms with van der Waals surface area (Å²) in [6.45, 7) is 6.88. The van der Waals surface area contributed by atoms with Crippen molar-refractivity contribution in [1.29, 1.82) is 0 Å². The van der Waals surface area contributed by atoms with E-state index in [-0.39, 0.29) is 62.8 Å². The molecule has 1 aliphatic heterocycles. The van der Waals surface area contributed by atoms with E-state index in [4.69, 9.17) is 14.6 Å². The largest absolute Gasteiger partial charge is 0.481 e. The molecule has 5 atom stereocenters. The van der Waals surface area contributed by atoms with E-state index < -0.39 is 53.6 Å². The number of fused-ring (bicyclic) bond motifs is 1. The first-order chi connectivity index (χ1) is 24.6. The number of hydrogen-bond donors (Lipinski definition) is 4. The van der Waals surface area contributed by atoms with E-state index in [9.17, 15) is 28.8 Å². The Balaban J connectivity index is 1.54. The van der Waals surface area contributed by atoms with Crippen molar-refractivity contribution in [2.24, 2.45) is 5.92 Å². The van der Waals surface area contributed by atoms with Crippen LogP contribution in [0, 0.1) is 5.92 Å². The van der Waals surface area contributed by atoms with Crippen molar-refractivity contribution < 1.29 is 43.3 Å². The van der Waals surface area contributed by atoms with Gasteiger partial charge in [0.25, 0.3) is 0 Å². The monoisotopic (exact) mass is 727 g/mol. The molecule has 0 unspecified atom stereocenters. The van der Waals surface area contributed by atoms with Crippen molar-refractivity contribution in [3.8, 4) is 0 Å². The summed E-state index contributed by atoms with van der Waals surface area (Å²) < 4.78 is 10.7. The third-order valence-corrected chi connectivity index (χ3v) is 10.2. The zero-order valence-electron chi connectivity index (χ0n) is 31.3. The second-order valence-corrected chi connectivity index (χ2v) is 15.3. The van der Waals surface area contributed by atoms with Gasteiger partial charge >= 0.3 is 12.1 Å². The number of carboxylic acids is 1. The molecule has 14 nitrogen and oxygen atoms in total. The summed E-state index contributed by atoms with van der Waals surface area (Å²) in [6.07, 6.45) is 6.20. The maximum Gasteiger partial charge on any atom is 0.410 e. The summed E-state index contributed by atoms with van der Waals surface area (Å²) >= 11 is 0. The van der Waals surface area contributed by atoms with Crippen molar-refractivity contribution in [3.05, 3.63) is 35.4 Å². The van der Waals surface area contributed by atoms with Crippen LogP contribution in [0.4, 0.5) is 4.79 Å². The van der Waals surface area contributed by atoms with E-state index in [0.717, 1.165) is 56.9 Å². The molecule has 1 saturated carbocycles. The molecule has 52 heavy (non-hydrogen) atoms. The molecule has 0 aromatic heterocycles. The Morgan fingerprint density at radius 2 is 1.65 bits per heavy atom. The number of carboxylic acid groups (broad SMARTS) is 1. The van der Waals surface area contributed by atoms with Gasteiger partial charge in [0.05, 0.1) is 25.7 Å². The van der Waals surface area contributed by atoms with E-state index in [2.05, 4.69) is 22.0 Å². The predicted molar refractivity (Wildman–Crippen MR) is 192 cm³/mol. The van der Waals surface area contributed by atoms with Gasteiger partial charge in [0, 0.05) is 26.1 Å². The molecule has 0 spiro atoms. The van der Waals surface area contributed by atoms with Gasteiger partial charge in [0.2, 0.25) is 23.6 Å². The second kappa shape index (κ2) is 18.5. The quantitative estimate of drug-likeness (QED) is 0.209. The molecular formula is C38H57N5O9. The SMILES string of the molecule is C[C@@H](C(=O)N[C@H](C(=O)N1C[C@@H](NC(=O)CCOCCC(=O)O)C[C@H]1C(=O)N[C@@H]1CCCc2ccccc21)C1CCCCC1)N(C)C(=O)OC(C)(C)C. The fourth-order valence-corrected chi connectivity index (χ4v) is 7.30. The Bertz CT molecular complexity index is 1440. The van der Waals surface area contributed by atoms with Crippen LogP contribution in [0.5, 0.6) is 0 Å². The lowest BCUT2D eigenvalue weighted by Crippen LogP contribution is -2.59. The molecule has 2 aliphatic carbocycles. The number of aryl methyl sites for hydroxylation is 1. The molecule has 1 aromatic rings. The fraction of sp³-hybridized carbons (Fsp3) is 0.684. The van der Waals surface area contributed by atoms with Crippen LogP contribution in [0.3, 0.4) is 0 Å². The highest BCUT2D eigenvalue weighted by atomic mass is 16.6. The number of ether oxygens (including phenoxy) is 2. The summed E-state index contributed by atoms with van der Waals surface area (Å²) in [4.78, 5) is 81.7. The minimum absolute atomic E-state index is 0.0103. The zero-order chi connectivity index (χ0) is 38.0. The molecule has 1 heterocycles. The van der Waals surface area contributed by atoms with E-state index in [1.54, 1.807) is 27.7 Å². The third-order valence-electron chi connectivity index (χ3n) is 10.2. The van der Waals surface area contributed by atoms with Gasteiger partial charge in [0.1, 0.15) is 23.7 Å². The van der Waals surface area contributed by atoms with Gasteiger partial charge in [-0.2, -0.15) is 0 Å². The number of aliphatic carboxylic acids is 1. The van der Waals surface area contributed by atoms with E-state index >= 15 is 0 Å². The van der Waals surface area contributed by atoms with Gasteiger partial charge in [-0.1, -0.05) is 43.5 Å². The number of likely N-dealkylation sites (tertiary alicyclic amines) is 1. The predicted octanol–water partition coefficient (Wildman–Crippen LogP) is 3.47. The van der Waals surface area contributed by atoms with Crippen molar-refractivity contribution in [1.82, 2.24) is 25.8 Å². The van der Waals surface area contributed by atoms with Gasteiger partial charge in [-0.3, -0.25) is 28.9 Å². The lowest BCUT2D eigenvalue weighted by molar-refractivity contribution is -0.143. The first kappa shape index (κ1) is 40.6. The molecule has 14 heteroatoms. The molecular weight excluding hydrogens is 670 g/mol. The Labute approximate surface area is 306 Å². The van der Waals surface area contributed by atoms with Crippen LogP contribution < -0.4 is 16.0 Å². The maximum atomic E-state index is 14.7. The number of carbonyl (C=O) groups excluding carboxylic acids is 5. The van der Waals surface area contributed by atoms with Crippen LogP contribution in [0.25, 0.3) is 0 Å². The van der Waals surface area contributed by atoms with Crippen LogP contribution in [-0.2, 0) is 39.9 Å². The molecule has 3 aliphatic rings. The molecule has 4 rings (SSSR count). The number of nitrogens with zero attached hydrogens (tertiary/aromatic N) is 2. The van der Waals surface area contributed by atoms with Crippen LogP contribution in [0.15, 0.2) is 24.3 Å². The second-order valence-electron chi connectivity index (χ2n) is 15.3. The first-order valence-corrected chi connectivity index (χ1v) is 18.7. The van der Waals surface area contributed by atoms with Crippen molar-refractivity contribution in [2.45, 2.75) is 134 Å². The molecule has 4 N–H and O–H groups in total. The summed E-state index contributed by atoms with van der Waals surface area (Å²) in [5, 5.41) is 17.9. The summed E-state index contributed by atoms with van der Waals surface area (Å²) in [5.41, 5.74) is 1.48. The average molecular weight is 728 g/mol. The highest BCUT2D eigenvalue weighted by Gasteiger charge is 2.45. The minimum Gasteiger partial charge on any atom is -0.481 e. The molecule has 288 valence electrons. The lowest BCUT2D eigenvalue weighted by Gasteiger charge is -2.36. The van der Waals surface area contributed by atoms with Crippen LogP contribution in [0.1, 0.15) is 109 Å². The van der Waals surface area contributed by atoms with E-state index in [1.165, 1.54) is 22.4 Å². The van der Waals surface area contributed by atoms with Crippen LogP contribution >= 0.6 is 0 Å². The number of benzene rings is 1. The minimum atomic E-state index is -0.992. The van der Waals surface area contributed by atoms with Gasteiger partial charge < -0.3 is 35.4 Å². The molecule has 1 aromatic carbocycles. The third kappa shape index (κ3) is 11.4. The van der Waals surface area contributed by atoms with Crippen molar-refractivity contribution in [2.75, 3.05) is 26.8 Å². The smallest absolute Gasteiger partial charge is 0.410 e. The summed E-state index contributed by atoms with van der Waals surface area (Å²) in [6, 6.07) is 4.48. The van der Waals surface area contributed by atoms with Crippen LogP contribution in [-0.4, -0.2) is 107 Å². The van der Waals surface area contributed by atoms with Crippen molar-refractivity contribution >= 4 is 35.7 Å². The van der Waals surface area contributed by atoms with Gasteiger partial charge in [0.15, 0.2) is 0 Å². The Morgan fingerprint density at radius 3 is 2.35 bits per heavy atom. The highest BCUT2D eigenvalue weighted by molar-refractivity contribution is 5.94.